The summed E-state index contributed by atoms with van der Waals surface area (Å²) in [6.45, 7) is 5.11. The number of nitrogen functional groups attached to an aromatic ring is 1. The van der Waals surface area contributed by atoms with E-state index in [0.717, 1.165) is 40.5 Å². The van der Waals surface area contributed by atoms with Crippen molar-refractivity contribution in [2.24, 2.45) is 0 Å². The standard InChI is InChI=1S/C29H29N3O3/c1-18-5-9-20(10-6-18)26-24-14-13-22(31-28(33)21-11-7-19(2)8-12-21)16-25(24)29(34)32(27(26)30)17-23-4-3-15-35-23/h5-14,16,23H,3-4,15,17,30H2,1-2H3,(H,31,33). The minimum atomic E-state index is -0.224. The molecule has 1 saturated heterocycles. The van der Waals surface area contributed by atoms with Crippen molar-refractivity contribution in [3.63, 3.8) is 0 Å². The van der Waals surface area contributed by atoms with Crippen molar-refractivity contribution in [3.8, 4) is 11.1 Å². The molecule has 3 N–H and O–H groups in total. The summed E-state index contributed by atoms with van der Waals surface area (Å²) in [7, 11) is 0. The van der Waals surface area contributed by atoms with E-state index in [9.17, 15) is 9.59 Å². The Kier molecular flexibility index (Phi) is 6.14. The van der Waals surface area contributed by atoms with Crippen molar-refractivity contribution in [2.75, 3.05) is 17.7 Å². The number of nitrogens with one attached hydrogen (secondary N) is 1. The van der Waals surface area contributed by atoms with Gasteiger partial charge in [-0.05, 0) is 61.9 Å². The zero-order valence-electron chi connectivity index (χ0n) is 20.0. The summed E-state index contributed by atoms with van der Waals surface area (Å²) in [6.07, 6.45) is 1.84. The molecule has 1 unspecified atom stereocenters. The van der Waals surface area contributed by atoms with E-state index in [1.165, 1.54) is 0 Å². The van der Waals surface area contributed by atoms with Crippen LogP contribution in [0, 0.1) is 13.8 Å². The quantitative estimate of drug-likeness (QED) is 0.417. The SMILES string of the molecule is Cc1ccc(C(=O)Nc2ccc3c(-c4ccc(C)cc4)c(N)n(CC4CCCO4)c(=O)c3c2)cc1. The Morgan fingerprint density at radius 3 is 2.34 bits per heavy atom. The Hall–Kier alpha value is -3.90. The van der Waals surface area contributed by atoms with Crippen molar-refractivity contribution >= 4 is 28.2 Å². The lowest BCUT2D eigenvalue weighted by atomic mass is 9.97. The van der Waals surface area contributed by atoms with E-state index >= 15 is 0 Å². The summed E-state index contributed by atoms with van der Waals surface area (Å²) in [5.74, 6) is 0.205. The van der Waals surface area contributed by atoms with Gasteiger partial charge in [-0.25, -0.2) is 0 Å². The van der Waals surface area contributed by atoms with Gasteiger partial charge < -0.3 is 15.8 Å². The minimum absolute atomic E-state index is 0.0391. The van der Waals surface area contributed by atoms with Crippen LogP contribution in [0.5, 0.6) is 0 Å². The summed E-state index contributed by atoms with van der Waals surface area (Å²) < 4.78 is 7.43. The number of nitrogens with two attached hydrogens (primary N) is 1. The Morgan fingerprint density at radius 2 is 1.69 bits per heavy atom. The van der Waals surface area contributed by atoms with Gasteiger partial charge in [0.1, 0.15) is 5.82 Å². The van der Waals surface area contributed by atoms with Crippen molar-refractivity contribution in [2.45, 2.75) is 39.3 Å². The van der Waals surface area contributed by atoms with Gasteiger partial charge in [-0.15, -0.1) is 0 Å². The number of hydrogen-bond acceptors (Lipinski definition) is 4. The molecule has 6 nitrogen and oxygen atoms in total. The molecule has 5 rings (SSSR count). The minimum Gasteiger partial charge on any atom is -0.384 e. The highest BCUT2D eigenvalue weighted by molar-refractivity contribution is 6.07. The second-order valence-electron chi connectivity index (χ2n) is 9.26. The van der Waals surface area contributed by atoms with Crippen LogP contribution in [0.15, 0.2) is 71.5 Å². The number of fused-ring (bicyclic) bond motifs is 1. The van der Waals surface area contributed by atoms with E-state index < -0.39 is 0 Å². The van der Waals surface area contributed by atoms with Crippen LogP contribution >= 0.6 is 0 Å². The van der Waals surface area contributed by atoms with Crippen LogP contribution in [0.4, 0.5) is 11.5 Å². The summed E-state index contributed by atoms with van der Waals surface area (Å²) in [6, 6.07) is 20.9. The zero-order valence-corrected chi connectivity index (χ0v) is 20.0. The van der Waals surface area contributed by atoms with Crippen molar-refractivity contribution in [1.82, 2.24) is 4.57 Å². The van der Waals surface area contributed by atoms with Crippen LogP contribution in [-0.4, -0.2) is 23.2 Å². The number of aromatic nitrogens is 1. The van der Waals surface area contributed by atoms with Crippen molar-refractivity contribution < 1.29 is 9.53 Å². The summed E-state index contributed by atoms with van der Waals surface area (Å²) >= 11 is 0. The fraction of sp³-hybridized carbons (Fsp3) is 0.241. The fourth-order valence-electron chi connectivity index (χ4n) is 4.65. The number of pyridine rings is 1. The highest BCUT2D eigenvalue weighted by atomic mass is 16.5. The van der Waals surface area contributed by atoms with Gasteiger partial charge in [0.15, 0.2) is 0 Å². The molecule has 1 aromatic heterocycles. The number of aryl methyl sites for hydroxylation is 2. The highest BCUT2D eigenvalue weighted by Gasteiger charge is 2.22. The van der Waals surface area contributed by atoms with Gasteiger partial charge in [0.2, 0.25) is 0 Å². The molecule has 0 bridgehead atoms. The Morgan fingerprint density at radius 1 is 1.00 bits per heavy atom. The van der Waals surface area contributed by atoms with Crippen LogP contribution in [-0.2, 0) is 11.3 Å². The average Bonchev–Trinajstić information content (AvgIpc) is 3.37. The Balaban J connectivity index is 1.62. The fourth-order valence-corrected chi connectivity index (χ4v) is 4.65. The molecule has 1 amide bonds. The molecule has 0 saturated carbocycles. The molecule has 35 heavy (non-hydrogen) atoms. The maximum absolute atomic E-state index is 13.6. The van der Waals surface area contributed by atoms with Gasteiger partial charge in [0.25, 0.3) is 11.5 Å². The normalized spacial score (nSPS) is 15.4. The zero-order chi connectivity index (χ0) is 24.5. The van der Waals surface area contributed by atoms with Crippen LogP contribution in [0.1, 0.15) is 34.3 Å². The number of amides is 1. The molecular formula is C29H29N3O3. The Labute approximate surface area is 204 Å². The van der Waals surface area contributed by atoms with Crippen molar-refractivity contribution in [3.05, 3.63) is 93.8 Å². The van der Waals surface area contributed by atoms with E-state index in [0.29, 0.717) is 35.6 Å². The highest BCUT2D eigenvalue weighted by Crippen LogP contribution is 2.34. The number of carbonyl (C=O) groups is 1. The summed E-state index contributed by atoms with van der Waals surface area (Å²) in [5.41, 5.74) is 11.6. The van der Waals surface area contributed by atoms with E-state index in [4.69, 9.17) is 10.5 Å². The molecule has 178 valence electrons. The van der Waals surface area contributed by atoms with Crippen LogP contribution in [0.3, 0.4) is 0 Å². The lowest BCUT2D eigenvalue weighted by molar-refractivity contribution is 0.0968. The molecule has 0 aliphatic carbocycles. The summed E-state index contributed by atoms with van der Waals surface area (Å²) in [5, 5.41) is 4.19. The van der Waals surface area contributed by atoms with Crippen LogP contribution < -0.4 is 16.6 Å². The first-order chi connectivity index (χ1) is 16.9. The molecule has 1 aliphatic rings. The van der Waals surface area contributed by atoms with Crippen LogP contribution in [0.2, 0.25) is 0 Å². The van der Waals surface area contributed by atoms with Gasteiger partial charge in [0, 0.05) is 28.8 Å². The molecular weight excluding hydrogens is 438 g/mol. The lowest BCUT2D eigenvalue weighted by Gasteiger charge is -2.20. The van der Waals surface area contributed by atoms with Crippen molar-refractivity contribution in [1.29, 1.82) is 0 Å². The number of hydrogen-bond donors (Lipinski definition) is 2. The third-order valence-electron chi connectivity index (χ3n) is 6.63. The largest absolute Gasteiger partial charge is 0.384 e. The monoisotopic (exact) mass is 467 g/mol. The first kappa shape index (κ1) is 22.9. The van der Waals surface area contributed by atoms with Gasteiger partial charge in [-0.1, -0.05) is 53.6 Å². The number of carbonyl (C=O) groups excluding carboxylic acids is 1. The van der Waals surface area contributed by atoms with E-state index in [1.54, 1.807) is 22.8 Å². The number of anilines is 2. The van der Waals surface area contributed by atoms with Gasteiger partial charge in [-0.2, -0.15) is 0 Å². The smallest absolute Gasteiger partial charge is 0.260 e. The molecule has 0 radical (unpaired) electrons. The molecule has 3 aromatic carbocycles. The number of rotatable bonds is 5. The third-order valence-corrected chi connectivity index (χ3v) is 6.63. The first-order valence-electron chi connectivity index (χ1n) is 11.9. The molecule has 4 aromatic rings. The number of ether oxygens (including phenoxy) is 1. The molecule has 1 aliphatic heterocycles. The first-order valence-corrected chi connectivity index (χ1v) is 11.9. The van der Waals surface area contributed by atoms with E-state index in [-0.39, 0.29) is 17.6 Å². The molecule has 2 heterocycles. The third kappa shape index (κ3) is 4.57. The van der Waals surface area contributed by atoms with Crippen LogP contribution in [0.25, 0.3) is 21.9 Å². The van der Waals surface area contributed by atoms with Gasteiger partial charge in [-0.3, -0.25) is 14.2 Å². The predicted molar refractivity (Wildman–Crippen MR) is 141 cm³/mol. The second-order valence-corrected chi connectivity index (χ2v) is 9.26. The maximum atomic E-state index is 13.6. The molecule has 6 heteroatoms. The van der Waals surface area contributed by atoms with E-state index in [2.05, 4.69) is 5.32 Å². The molecule has 1 fully saturated rings. The topological polar surface area (TPSA) is 86.3 Å². The number of benzene rings is 3. The average molecular weight is 468 g/mol. The van der Waals surface area contributed by atoms with Gasteiger partial charge in [0.05, 0.1) is 12.6 Å². The lowest BCUT2D eigenvalue weighted by Crippen LogP contribution is -2.29. The predicted octanol–water partition coefficient (Wildman–Crippen LogP) is 5.30. The van der Waals surface area contributed by atoms with Gasteiger partial charge >= 0.3 is 0 Å². The molecule has 0 spiro atoms. The molecule has 1 atom stereocenters. The Bertz CT molecular complexity index is 1450. The van der Waals surface area contributed by atoms with E-state index in [1.807, 2.05) is 62.4 Å². The second kappa shape index (κ2) is 9.39. The number of nitrogens with zero attached hydrogens (tertiary/aromatic N) is 1. The summed E-state index contributed by atoms with van der Waals surface area (Å²) in [4.78, 5) is 26.4. The maximum Gasteiger partial charge on any atom is 0.260 e.